The molecule has 0 aromatic heterocycles. The van der Waals surface area contributed by atoms with Crippen LogP contribution in [0.5, 0.6) is 0 Å². The molecule has 0 radical (unpaired) electrons. The van der Waals surface area contributed by atoms with Crippen LogP contribution in [0.1, 0.15) is 82.2 Å². The van der Waals surface area contributed by atoms with Gasteiger partial charge in [-0.3, -0.25) is 9.59 Å². The Labute approximate surface area is 167 Å². The number of benzene rings is 1. The van der Waals surface area contributed by atoms with Crippen molar-refractivity contribution >= 4 is 11.8 Å². The lowest BCUT2D eigenvalue weighted by molar-refractivity contribution is -0.161. The molecule has 1 aliphatic heterocycles. The lowest BCUT2D eigenvalue weighted by Crippen LogP contribution is -2.60. The van der Waals surface area contributed by atoms with E-state index in [1.807, 2.05) is 9.80 Å². The van der Waals surface area contributed by atoms with E-state index in [4.69, 9.17) is 0 Å². The largest absolute Gasteiger partial charge is 0.328 e. The Bertz CT molecular complexity index is 691. The minimum absolute atomic E-state index is 0.0279. The first-order valence-corrected chi connectivity index (χ1v) is 11.0. The summed E-state index contributed by atoms with van der Waals surface area (Å²) < 4.78 is 13.5. The summed E-state index contributed by atoms with van der Waals surface area (Å²) in [7, 11) is 0. The van der Waals surface area contributed by atoms with Crippen molar-refractivity contribution in [1.82, 2.24) is 9.80 Å². The summed E-state index contributed by atoms with van der Waals surface area (Å²) in [4.78, 5) is 30.6. The van der Waals surface area contributed by atoms with Crippen LogP contribution in [0.4, 0.5) is 4.39 Å². The van der Waals surface area contributed by atoms with E-state index in [1.54, 1.807) is 12.1 Å². The van der Waals surface area contributed by atoms with Crippen LogP contribution in [0, 0.1) is 5.82 Å². The van der Waals surface area contributed by atoms with Gasteiger partial charge in [-0.2, -0.15) is 0 Å². The number of rotatable bonds is 3. The Hall–Kier alpha value is -1.91. The molecule has 0 bridgehead atoms. The van der Waals surface area contributed by atoms with Crippen molar-refractivity contribution < 1.29 is 14.0 Å². The number of hydrogen-bond acceptors (Lipinski definition) is 2. The first-order valence-electron chi connectivity index (χ1n) is 11.0. The molecule has 3 fully saturated rings. The van der Waals surface area contributed by atoms with Gasteiger partial charge >= 0.3 is 0 Å². The predicted molar refractivity (Wildman–Crippen MR) is 106 cm³/mol. The molecule has 152 valence electrons. The number of amides is 2. The van der Waals surface area contributed by atoms with Gasteiger partial charge in [0.25, 0.3) is 5.91 Å². The van der Waals surface area contributed by atoms with Crippen molar-refractivity contribution in [2.75, 3.05) is 6.54 Å². The van der Waals surface area contributed by atoms with Crippen LogP contribution >= 0.6 is 0 Å². The lowest BCUT2D eigenvalue weighted by atomic mass is 9.91. The molecular formula is C23H31FN2O2. The van der Waals surface area contributed by atoms with E-state index in [-0.39, 0.29) is 36.3 Å². The van der Waals surface area contributed by atoms with E-state index < -0.39 is 6.04 Å². The quantitative estimate of drug-likeness (QED) is 0.762. The summed E-state index contributed by atoms with van der Waals surface area (Å²) in [6, 6.07) is 5.84. The zero-order valence-electron chi connectivity index (χ0n) is 16.6. The molecule has 1 saturated heterocycles. The zero-order chi connectivity index (χ0) is 19.5. The number of carbonyl (C=O) groups excluding carboxylic acids is 2. The second kappa shape index (κ2) is 8.62. The van der Waals surface area contributed by atoms with Gasteiger partial charge in [0, 0.05) is 12.1 Å². The lowest BCUT2D eigenvalue weighted by Gasteiger charge is -2.46. The van der Waals surface area contributed by atoms with Gasteiger partial charge in [0.05, 0.1) is 0 Å². The SMILES string of the molecule is O=C1[C@@H](c2ccc(F)cc2)N(C2CCCCCCC2)C(=O)CN1C1CCCC1. The molecule has 5 heteroatoms. The second-order valence-electron chi connectivity index (χ2n) is 8.66. The van der Waals surface area contributed by atoms with Crippen molar-refractivity contribution in [1.29, 1.82) is 0 Å². The van der Waals surface area contributed by atoms with E-state index in [2.05, 4.69) is 0 Å². The summed E-state index contributed by atoms with van der Waals surface area (Å²) in [5, 5.41) is 0. The van der Waals surface area contributed by atoms with Crippen LogP contribution in [-0.4, -0.2) is 40.2 Å². The van der Waals surface area contributed by atoms with Crippen molar-refractivity contribution in [3.63, 3.8) is 0 Å². The Kier molecular flexibility index (Phi) is 5.98. The van der Waals surface area contributed by atoms with Gasteiger partial charge in [-0.1, -0.05) is 57.1 Å². The molecule has 1 heterocycles. The highest BCUT2D eigenvalue weighted by Crippen LogP contribution is 2.36. The highest BCUT2D eigenvalue weighted by Gasteiger charge is 2.45. The summed E-state index contributed by atoms with van der Waals surface area (Å²) in [6.07, 6.45) is 12.0. The molecular weight excluding hydrogens is 355 g/mol. The Morgan fingerprint density at radius 1 is 0.750 bits per heavy atom. The molecule has 1 aromatic rings. The Morgan fingerprint density at radius 2 is 1.29 bits per heavy atom. The Morgan fingerprint density at radius 3 is 1.93 bits per heavy atom. The average molecular weight is 387 g/mol. The zero-order valence-corrected chi connectivity index (χ0v) is 16.6. The third kappa shape index (κ3) is 3.94. The van der Waals surface area contributed by atoms with E-state index in [1.165, 1.54) is 31.4 Å². The van der Waals surface area contributed by atoms with Crippen molar-refractivity contribution in [3.8, 4) is 0 Å². The fourth-order valence-electron chi connectivity index (χ4n) is 5.33. The molecule has 0 N–H and O–H groups in total. The van der Waals surface area contributed by atoms with Gasteiger partial charge in [-0.25, -0.2) is 4.39 Å². The number of hydrogen-bond donors (Lipinski definition) is 0. The van der Waals surface area contributed by atoms with Gasteiger partial charge in [0.2, 0.25) is 5.91 Å². The van der Waals surface area contributed by atoms with Crippen LogP contribution in [0.25, 0.3) is 0 Å². The van der Waals surface area contributed by atoms with Crippen LogP contribution < -0.4 is 0 Å². The molecule has 0 spiro atoms. The molecule has 2 aliphatic carbocycles. The van der Waals surface area contributed by atoms with Crippen LogP contribution in [0.15, 0.2) is 24.3 Å². The third-order valence-electron chi connectivity index (χ3n) is 6.81. The van der Waals surface area contributed by atoms with Crippen molar-refractivity contribution in [2.45, 2.75) is 88.8 Å². The third-order valence-corrected chi connectivity index (χ3v) is 6.81. The Balaban J connectivity index is 1.66. The van der Waals surface area contributed by atoms with Crippen molar-refractivity contribution in [2.24, 2.45) is 0 Å². The molecule has 1 aromatic carbocycles. The van der Waals surface area contributed by atoms with E-state index in [0.717, 1.165) is 56.9 Å². The number of carbonyl (C=O) groups is 2. The number of piperazine rings is 1. The predicted octanol–water partition coefficient (Wildman–Crippen LogP) is 4.59. The molecule has 28 heavy (non-hydrogen) atoms. The number of halogens is 1. The first kappa shape index (κ1) is 19.4. The summed E-state index contributed by atoms with van der Waals surface area (Å²) >= 11 is 0. The van der Waals surface area contributed by atoms with Gasteiger partial charge < -0.3 is 9.80 Å². The van der Waals surface area contributed by atoms with E-state index in [0.29, 0.717) is 0 Å². The molecule has 4 rings (SSSR count). The molecule has 2 amide bonds. The van der Waals surface area contributed by atoms with E-state index >= 15 is 0 Å². The average Bonchev–Trinajstić information content (AvgIpc) is 3.19. The monoisotopic (exact) mass is 386 g/mol. The molecule has 0 unspecified atom stereocenters. The summed E-state index contributed by atoms with van der Waals surface area (Å²) in [6.45, 7) is 0.206. The van der Waals surface area contributed by atoms with Crippen molar-refractivity contribution in [3.05, 3.63) is 35.6 Å². The maximum Gasteiger partial charge on any atom is 0.250 e. The molecule has 3 aliphatic rings. The van der Waals surface area contributed by atoms with Gasteiger partial charge in [-0.15, -0.1) is 0 Å². The van der Waals surface area contributed by atoms with Gasteiger partial charge in [0.15, 0.2) is 0 Å². The van der Waals surface area contributed by atoms with Crippen LogP contribution in [0.2, 0.25) is 0 Å². The minimum Gasteiger partial charge on any atom is -0.328 e. The maximum atomic E-state index is 13.6. The summed E-state index contributed by atoms with van der Waals surface area (Å²) in [5.41, 5.74) is 0.740. The topological polar surface area (TPSA) is 40.6 Å². The molecule has 1 atom stereocenters. The number of nitrogens with zero attached hydrogens (tertiary/aromatic N) is 2. The minimum atomic E-state index is -0.605. The fourth-order valence-corrected chi connectivity index (χ4v) is 5.33. The van der Waals surface area contributed by atoms with Crippen LogP contribution in [0.3, 0.4) is 0 Å². The smallest absolute Gasteiger partial charge is 0.250 e. The standard InChI is InChI=1S/C23H31FN2O2/c24-18-14-12-17(13-15-18)22-23(28)25(19-8-6-7-9-19)16-21(27)26(22)20-10-4-2-1-3-5-11-20/h12-15,19-20,22H,1-11,16H2/t22-/m1/s1. The highest BCUT2D eigenvalue weighted by molar-refractivity contribution is 5.96. The fraction of sp³-hybridized carbons (Fsp3) is 0.652. The van der Waals surface area contributed by atoms with Gasteiger partial charge in [-0.05, 0) is 43.4 Å². The maximum absolute atomic E-state index is 13.6. The molecule has 2 saturated carbocycles. The van der Waals surface area contributed by atoms with Crippen LogP contribution in [-0.2, 0) is 9.59 Å². The van der Waals surface area contributed by atoms with E-state index in [9.17, 15) is 14.0 Å². The highest BCUT2D eigenvalue weighted by atomic mass is 19.1. The molecule has 4 nitrogen and oxygen atoms in total. The normalized spacial score (nSPS) is 25.8. The van der Waals surface area contributed by atoms with Gasteiger partial charge in [0.1, 0.15) is 18.4 Å². The second-order valence-corrected chi connectivity index (χ2v) is 8.66. The first-order chi connectivity index (χ1) is 13.6. The summed E-state index contributed by atoms with van der Waals surface area (Å²) in [5.74, 6) is -0.227.